The second-order valence-electron chi connectivity index (χ2n) is 5.89. The highest BCUT2D eigenvalue weighted by Gasteiger charge is 2.17. The van der Waals surface area contributed by atoms with Crippen LogP contribution < -0.4 is 10.6 Å². The molecule has 0 aliphatic carbocycles. The van der Waals surface area contributed by atoms with E-state index in [-0.39, 0.29) is 23.9 Å². The van der Waals surface area contributed by atoms with Crippen molar-refractivity contribution >= 4 is 34.1 Å². The molecule has 1 unspecified atom stereocenters. The van der Waals surface area contributed by atoms with Crippen LogP contribution in [0.3, 0.4) is 0 Å². The van der Waals surface area contributed by atoms with Gasteiger partial charge in [0.05, 0.1) is 9.88 Å². The third kappa shape index (κ3) is 5.38. The third-order valence-electron chi connectivity index (χ3n) is 3.62. The summed E-state index contributed by atoms with van der Waals surface area (Å²) in [6, 6.07) is 6.70. The number of carbonyl (C=O) groups excluding carboxylic acids is 2. The molecule has 3 N–H and O–H groups in total. The van der Waals surface area contributed by atoms with E-state index in [2.05, 4.69) is 10.6 Å². The molecule has 2 rings (SSSR count). The van der Waals surface area contributed by atoms with Crippen LogP contribution in [0.15, 0.2) is 30.3 Å². The average Bonchev–Trinajstić information content (AvgIpc) is 2.93. The van der Waals surface area contributed by atoms with Crippen LogP contribution in [0.2, 0.25) is 0 Å². The molecule has 6 nitrogen and oxygen atoms in total. The molecule has 0 radical (unpaired) electrons. The van der Waals surface area contributed by atoms with Crippen LogP contribution in [0.25, 0.3) is 0 Å². The summed E-state index contributed by atoms with van der Waals surface area (Å²) in [4.78, 5) is 35.5. The summed E-state index contributed by atoms with van der Waals surface area (Å²) < 4.78 is 13.2. The van der Waals surface area contributed by atoms with Gasteiger partial charge in [-0.05, 0) is 50.1 Å². The lowest BCUT2D eigenvalue weighted by Crippen LogP contribution is -2.32. The van der Waals surface area contributed by atoms with Crippen LogP contribution in [-0.4, -0.2) is 28.9 Å². The van der Waals surface area contributed by atoms with Gasteiger partial charge in [0.2, 0.25) is 0 Å². The monoisotopic (exact) mass is 378 g/mol. The molecule has 2 amide bonds. The average molecular weight is 378 g/mol. The first-order valence-corrected chi connectivity index (χ1v) is 8.78. The van der Waals surface area contributed by atoms with Gasteiger partial charge in [0.25, 0.3) is 11.8 Å². The predicted molar refractivity (Wildman–Crippen MR) is 97.2 cm³/mol. The van der Waals surface area contributed by atoms with Crippen LogP contribution in [0.1, 0.15) is 45.4 Å². The van der Waals surface area contributed by atoms with Crippen molar-refractivity contribution in [2.24, 2.45) is 0 Å². The van der Waals surface area contributed by atoms with Gasteiger partial charge in [-0.15, -0.1) is 11.3 Å². The number of carboxylic acid groups (broad SMARTS) is 1. The van der Waals surface area contributed by atoms with E-state index in [1.807, 2.05) is 0 Å². The third-order valence-corrected chi connectivity index (χ3v) is 4.77. The Balaban J connectivity index is 2.02. The van der Waals surface area contributed by atoms with Gasteiger partial charge in [-0.1, -0.05) is 6.07 Å². The zero-order valence-electron chi connectivity index (χ0n) is 14.3. The Labute approximate surface area is 154 Å². The largest absolute Gasteiger partial charge is 0.481 e. The van der Waals surface area contributed by atoms with Crippen molar-refractivity contribution in [3.05, 3.63) is 52.2 Å². The van der Waals surface area contributed by atoms with Gasteiger partial charge in [0.1, 0.15) is 5.82 Å². The molecule has 8 heteroatoms. The van der Waals surface area contributed by atoms with Crippen molar-refractivity contribution in [2.45, 2.75) is 32.7 Å². The maximum Gasteiger partial charge on any atom is 0.303 e. The van der Waals surface area contributed by atoms with Gasteiger partial charge in [-0.2, -0.15) is 0 Å². The Kier molecular flexibility index (Phi) is 6.46. The van der Waals surface area contributed by atoms with E-state index in [1.54, 1.807) is 19.9 Å². The quantitative estimate of drug-likeness (QED) is 0.688. The molecular formula is C18H19FN2O4S. The van der Waals surface area contributed by atoms with E-state index in [0.717, 1.165) is 17.4 Å². The van der Waals surface area contributed by atoms with Crippen LogP contribution in [0, 0.1) is 12.7 Å². The van der Waals surface area contributed by atoms with Gasteiger partial charge in [0, 0.05) is 18.0 Å². The zero-order chi connectivity index (χ0) is 19.3. The number of carboxylic acids is 1. The number of thiophene rings is 1. The second kappa shape index (κ2) is 8.57. The van der Waals surface area contributed by atoms with Gasteiger partial charge >= 0.3 is 5.97 Å². The molecule has 0 saturated heterocycles. The Morgan fingerprint density at radius 1 is 1.23 bits per heavy atom. The molecule has 138 valence electrons. The summed E-state index contributed by atoms with van der Waals surface area (Å²) in [6.07, 6.45) is 0.300. The molecule has 0 aliphatic rings. The van der Waals surface area contributed by atoms with E-state index in [9.17, 15) is 18.8 Å². The van der Waals surface area contributed by atoms with E-state index >= 15 is 0 Å². The Morgan fingerprint density at radius 2 is 1.96 bits per heavy atom. The smallest absolute Gasteiger partial charge is 0.303 e. The minimum atomic E-state index is -0.916. The van der Waals surface area contributed by atoms with Crippen molar-refractivity contribution < 1.29 is 23.9 Å². The standard InChI is InChI=1S/C18H19FN2O4S/c1-10-8-14(21-17(24)12-4-3-5-13(19)9-12)26-16(10)18(25)20-11(2)6-7-15(22)23/h3-5,8-9,11H,6-7H2,1-2H3,(H,20,25)(H,21,24)(H,22,23). The fourth-order valence-electron chi connectivity index (χ4n) is 2.28. The molecule has 1 atom stereocenters. The number of aryl methyl sites for hydroxylation is 1. The number of rotatable bonds is 7. The molecule has 0 aliphatic heterocycles. The lowest BCUT2D eigenvalue weighted by Gasteiger charge is -2.12. The van der Waals surface area contributed by atoms with E-state index in [4.69, 9.17) is 5.11 Å². The number of hydrogen-bond donors (Lipinski definition) is 3. The molecular weight excluding hydrogens is 359 g/mol. The Morgan fingerprint density at radius 3 is 2.62 bits per heavy atom. The number of amides is 2. The van der Waals surface area contributed by atoms with Gasteiger partial charge < -0.3 is 15.7 Å². The van der Waals surface area contributed by atoms with Crippen LogP contribution >= 0.6 is 11.3 Å². The van der Waals surface area contributed by atoms with Gasteiger partial charge in [0.15, 0.2) is 0 Å². The summed E-state index contributed by atoms with van der Waals surface area (Å²) in [7, 11) is 0. The van der Waals surface area contributed by atoms with Crippen LogP contribution in [0.5, 0.6) is 0 Å². The molecule has 2 aromatic rings. The first-order chi connectivity index (χ1) is 12.3. The lowest BCUT2D eigenvalue weighted by molar-refractivity contribution is -0.137. The van der Waals surface area contributed by atoms with Crippen LogP contribution in [-0.2, 0) is 4.79 Å². The summed E-state index contributed by atoms with van der Waals surface area (Å²) in [5.41, 5.74) is 0.872. The fraction of sp³-hybridized carbons (Fsp3) is 0.278. The summed E-state index contributed by atoms with van der Waals surface area (Å²) in [5.74, 6) is -2.21. The summed E-state index contributed by atoms with van der Waals surface area (Å²) in [6.45, 7) is 3.47. The normalized spacial score (nSPS) is 11.7. The fourth-order valence-corrected chi connectivity index (χ4v) is 3.26. The highest BCUT2D eigenvalue weighted by atomic mass is 32.1. The second-order valence-corrected chi connectivity index (χ2v) is 6.95. The molecule has 0 bridgehead atoms. The number of hydrogen-bond acceptors (Lipinski definition) is 4. The van der Waals surface area contributed by atoms with Crippen molar-refractivity contribution in [3.63, 3.8) is 0 Å². The Hall–Kier alpha value is -2.74. The van der Waals surface area contributed by atoms with Crippen molar-refractivity contribution in [1.82, 2.24) is 5.32 Å². The highest BCUT2D eigenvalue weighted by Crippen LogP contribution is 2.27. The first kappa shape index (κ1) is 19.6. The molecule has 0 spiro atoms. The highest BCUT2D eigenvalue weighted by molar-refractivity contribution is 7.18. The van der Waals surface area contributed by atoms with Gasteiger partial charge in [-0.3, -0.25) is 14.4 Å². The van der Waals surface area contributed by atoms with Crippen molar-refractivity contribution in [1.29, 1.82) is 0 Å². The van der Waals surface area contributed by atoms with Crippen LogP contribution in [0.4, 0.5) is 9.39 Å². The number of halogens is 1. The number of aliphatic carboxylic acids is 1. The summed E-state index contributed by atoms with van der Waals surface area (Å²) in [5, 5.41) is 14.5. The SMILES string of the molecule is Cc1cc(NC(=O)c2cccc(F)c2)sc1C(=O)NC(C)CCC(=O)O. The summed E-state index contributed by atoms with van der Waals surface area (Å²) >= 11 is 1.11. The maximum absolute atomic E-state index is 13.2. The molecule has 0 fully saturated rings. The molecule has 1 aromatic carbocycles. The van der Waals surface area contributed by atoms with Crippen molar-refractivity contribution in [3.8, 4) is 0 Å². The topological polar surface area (TPSA) is 95.5 Å². The van der Waals surface area contributed by atoms with Crippen molar-refractivity contribution in [2.75, 3.05) is 5.32 Å². The predicted octanol–water partition coefficient (Wildman–Crippen LogP) is 3.43. The number of benzene rings is 1. The number of carbonyl (C=O) groups is 3. The lowest BCUT2D eigenvalue weighted by atomic mass is 10.1. The maximum atomic E-state index is 13.2. The first-order valence-electron chi connectivity index (χ1n) is 7.96. The minimum absolute atomic E-state index is 0.0280. The molecule has 1 aromatic heterocycles. The van der Waals surface area contributed by atoms with E-state index in [1.165, 1.54) is 18.2 Å². The van der Waals surface area contributed by atoms with E-state index < -0.39 is 17.7 Å². The minimum Gasteiger partial charge on any atom is -0.481 e. The molecule has 0 saturated carbocycles. The molecule has 1 heterocycles. The number of nitrogens with one attached hydrogen (secondary N) is 2. The zero-order valence-corrected chi connectivity index (χ0v) is 15.2. The number of anilines is 1. The molecule has 26 heavy (non-hydrogen) atoms. The Bertz CT molecular complexity index is 834. The van der Waals surface area contributed by atoms with Gasteiger partial charge in [-0.25, -0.2) is 4.39 Å². The van der Waals surface area contributed by atoms with E-state index in [0.29, 0.717) is 21.9 Å².